The van der Waals surface area contributed by atoms with Crippen LogP contribution in [-0.2, 0) is 27.2 Å². The van der Waals surface area contributed by atoms with E-state index in [9.17, 15) is 67.8 Å². The second-order valence-electron chi connectivity index (χ2n) is 21.5. The molecule has 0 aliphatic rings. The number of anilines is 2. The molecule has 8 rings (SSSR count). The predicted molar refractivity (Wildman–Crippen MR) is 334 cm³/mol. The zero-order valence-electron chi connectivity index (χ0n) is 47.9. The molecular weight excluding hydrogens is 1170 g/mol. The van der Waals surface area contributed by atoms with E-state index in [-0.39, 0.29) is 99.6 Å². The quantitative estimate of drug-likeness (QED) is 0.0188. The summed E-state index contributed by atoms with van der Waals surface area (Å²) in [5.74, 6) is -4.88. The second-order valence-corrected chi connectivity index (χ2v) is 23.2. The number of aliphatic hydroxyl groups is 4. The van der Waals surface area contributed by atoms with Gasteiger partial charge in [-0.15, -0.1) is 0 Å². The van der Waals surface area contributed by atoms with Crippen LogP contribution in [0.25, 0.3) is 44.8 Å². The number of carbonyl (C=O) groups excluding carboxylic acids is 2. The summed E-state index contributed by atoms with van der Waals surface area (Å²) in [5.41, 5.74) is 6.43. The molecule has 0 aliphatic heterocycles. The van der Waals surface area contributed by atoms with Gasteiger partial charge in [0.15, 0.2) is 5.66 Å². The molecule has 0 fully saturated rings. The molecule has 21 heteroatoms. The maximum atomic E-state index is 14.1. The van der Waals surface area contributed by atoms with E-state index in [1.807, 2.05) is 134 Å². The number of aliphatic hydroxyl groups excluding tert-OH is 4. The fourth-order valence-corrected chi connectivity index (χ4v) is 11.6. The van der Waals surface area contributed by atoms with Gasteiger partial charge in [-0.1, -0.05) is 125 Å². The maximum absolute atomic E-state index is 14.1. The van der Waals surface area contributed by atoms with E-state index in [1.54, 1.807) is 48.5 Å². The van der Waals surface area contributed by atoms with E-state index in [1.165, 1.54) is 24.3 Å². The number of carboxylic acid groups (broad SMARTS) is 2. The van der Waals surface area contributed by atoms with Crippen LogP contribution in [0.5, 0.6) is 0 Å². The van der Waals surface area contributed by atoms with Crippen molar-refractivity contribution >= 4 is 80.5 Å². The van der Waals surface area contributed by atoms with Gasteiger partial charge in [-0.25, -0.2) is 8.78 Å². The molecule has 6 aromatic carbocycles. The topological polar surface area (TPSA) is 281 Å². The standard InChI is InChI=1S/C33H36FN2O8P.C33H35FN2O5.Ca.2H/c1-20(2)29-28(32(39)35-24-11-7-4-8-12-24)27(21-9-5-3-6-10-21)30(22-13-15-23(34)16-14-22)36(29)18-17-25(37)19-26(38)31(33(40)41)45(42,43)44;1-21(2)31-30(33(41)35-25-11-7-4-8-12-25)29(22-9-5-3-6-10-22)32(23-13-15-24(34)16-14-23)36(31)18-17-26(37)19-27(38)20-28(39)40;;;/h3-16,20,25-26,31,37-38H,17-19H2,1-2H3,(H,35,39)(H,40,41)(H2,42,43,44);3-16,21,26-27,37-38H,17-20H2,1-2H3,(H,35,41)(H,39,40);;;/t25-,26-,31?;26-,27-;;;/m11.../s1. The number of hydrogen-bond donors (Lipinski definition) is 10. The van der Waals surface area contributed by atoms with Crippen LogP contribution in [0.2, 0.25) is 0 Å². The molecule has 0 saturated heterocycles. The first kappa shape index (κ1) is 69.0. The number of carbonyl (C=O) groups is 4. The van der Waals surface area contributed by atoms with E-state index in [4.69, 9.17) is 5.11 Å². The average Bonchev–Trinajstić information content (AvgIpc) is 1.67. The van der Waals surface area contributed by atoms with Gasteiger partial charge in [-0.2, -0.15) is 0 Å². The predicted octanol–water partition coefficient (Wildman–Crippen LogP) is 10.9. The van der Waals surface area contributed by atoms with Gasteiger partial charge in [0.25, 0.3) is 11.8 Å². The normalized spacial score (nSPS) is 13.1. The summed E-state index contributed by atoms with van der Waals surface area (Å²) < 4.78 is 43.6. The number of para-hydroxylation sites is 2. The zero-order chi connectivity index (χ0) is 62.4. The van der Waals surface area contributed by atoms with E-state index in [0.717, 1.165) is 16.8 Å². The van der Waals surface area contributed by atoms with Crippen molar-refractivity contribution < 1.29 is 73.0 Å². The molecule has 0 radical (unpaired) electrons. The molecule has 17 nitrogen and oxygen atoms in total. The average molecular weight is 1240 g/mol. The third-order valence-corrected chi connectivity index (χ3v) is 15.7. The summed E-state index contributed by atoms with van der Waals surface area (Å²) in [4.78, 5) is 69.5. The Morgan fingerprint density at radius 3 is 1.16 bits per heavy atom. The van der Waals surface area contributed by atoms with Crippen molar-refractivity contribution in [3.05, 3.63) is 204 Å². The van der Waals surface area contributed by atoms with Crippen molar-refractivity contribution in [1.82, 2.24) is 9.13 Å². The molecule has 0 aliphatic carbocycles. The van der Waals surface area contributed by atoms with Crippen LogP contribution in [-0.4, -0.2) is 141 Å². The van der Waals surface area contributed by atoms with Crippen molar-refractivity contribution in [1.29, 1.82) is 0 Å². The summed E-state index contributed by atoms with van der Waals surface area (Å²) in [6.07, 6.45) is -6.57. The number of amides is 2. The molecule has 456 valence electrons. The van der Waals surface area contributed by atoms with Gasteiger partial charge in [0, 0.05) is 53.4 Å². The van der Waals surface area contributed by atoms with Crippen molar-refractivity contribution in [2.75, 3.05) is 10.6 Å². The Hall–Kier alpha value is -7.13. The van der Waals surface area contributed by atoms with Crippen LogP contribution in [0.15, 0.2) is 170 Å². The summed E-state index contributed by atoms with van der Waals surface area (Å²) in [6.45, 7) is 8.14. The first-order valence-corrected chi connectivity index (χ1v) is 29.7. The fourth-order valence-electron chi connectivity index (χ4n) is 10.7. The Kier molecular flexibility index (Phi) is 25.1. The number of aromatic nitrogens is 2. The molecule has 2 amide bonds. The van der Waals surface area contributed by atoms with Crippen LogP contribution in [0.3, 0.4) is 0 Å². The number of nitrogens with one attached hydrogen (secondary N) is 2. The summed E-state index contributed by atoms with van der Waals surface area (Å²) in [5, 5.41) is 66.2. The Balaban J connectivity index is 0.000000276. The van der Waals surface area contributed by atoms with Crippen LogP contribution >= 0.6 is 7.60 Å². The van der Waals surface area contributed by atoms with E-state index < -0.39 is 68.3 Å². The summed E-state index contributed by atoms with van der Waals surface area (Å²) in [6, 6.07) is 48.7. The van der Waals surface area contributed by atoms with Crippen molar-refractivity contribution in [3.63, 3.8) is 0 Å². The Labute approximate surface area is 533 Å². The monoisotopic (exact) mass is 1240 g/mol. The van der Waals surface area contributed by atoms with Gasteiger partial charge in [-0.3, -0.25) is 23.7 Å². The van der Waals surface area contributed by atoms with E-state index >= 15 is 0 Å². The third-order valence-electron chi connectivity index (χ3n) is 14.4. The van der Waals surface area contributed by atoms with Gasteiger partial charge < -0.3 is 60.2 Å². The zero-order valence-corrected chi connectivity index (χ0v) is 48.8. The van der Waals surface area contributed by atoms with Gasteiger partial charge in [-0.05, 0) is 126 Å². The summed E-state index contributed by atoms with van der Waals surface area (Å²) in [7, 11) is -5.21. The second kappa shape index (κ2) is 31.7. The van der Waals surface area contributed by atoms with Gasteiger partial charge >= 0.3 is 57.3 Å². The van der Waals surface area contributed by atoms with Gasteiger partial charge in [0.05, 0.1) is 53.4 Å². The number of benzene rings is 6. The van der Waals surface area contributed by atoms with E-state index in [2.05, 4.69) is 10.6 Å². The van der Waals surface area contributed by atoms with Crippen molar-refractivity contribution in [3.8, 4) is 44.8 Å². The van der Waals surface area contributed by atoms with Crippen molar-refractivity contribution in [2.45, 2.75) is 115 Å². The molecule has 0 saturated carbocycles. The third kappa shape index (κ3) is 18.0. The Morgan fingerprint density at radius 2 is 0.839 bits per heavy atom. The first-order chi connectivity index (χ1) is 40.9. The molecule has 2 aromatic heterocycles. The van der Waals surface area contributed by atoms with Crippen LogP contribution < -0.4 is 10.6 Å². The molecular formula is C66H73CaF2N4O13P. The molecule has 0 bridgehead atoms. The number of hydrogen-bond acceptors (Lipinski definition) is 9. The van der Waals surface area contributed by atoms with Gasteiger partial charge in [0.1, 0.15) is 11.6 Å². The molecule has 87 heavy (non-hydrogen) atoms. The van der Waals surface area contributed by atoms with Gasteiger partial charge in [0.2, 0.25) is 0 Å². The van der Waals surface area contributed by atoms with Crippen LogP contribution in [0.4, 0.5) is 20.2 Å². The SMILES string of the molecule is CC(C)c1c(C(=O)Nc2ccccc2)c(-c2ccccc2)c(-c2ccc(F)cc2)n1CC[C@@H](O)C[C@@H](O)C(C(=O)O)P(=O)(O)O.CC(C)c1c(C(=O)Nc2ccccc2)c(-c2ccccc2)c(-c2ccc(F)cc2)n1CC[C@@H](O)C[C@@H](O)CC(=O)O.[CaH2]. The van der Waals surface area contributed by atoms with Crippen LogP contribution in [0.1, 0.15) is 104 Å². The molecule has 5 atom stereocenters. The number of aliphatic carboxylic acids is 2. The minimum atomic E-state index is -5.21. The van der Waals surface area contributed by atoms with Crippen LogP contribution in [0, 0.1) is 11.6 Å². The minimum absolute atomic E-state index is 0. The Morgan fingerprint density at radius 1 is 0.494 bits per heavy atom. The molecule has 8 aromatic rings. The fraction of sp³-hybridized carbons (Fsp3) is 0.273. The molecule has 1 unspecified atom stereocenters. The number of nitrogens with zero attached hydrogens (tertiary/aromatic N) is 2. The number of rotatable bonds is 25. The molecule has 0 spiro atoms. The van der Waals surface area contributed by atoms with Crippen molar-refractivity contribution in [2.24, 2.45) is 0 Å². The number of halogens is 2. The van der Waals surface area contributed by atoms with E-state index in [0.29, 0.717) is 61.8 Å². The number of carboxylic acids is 2. The molecule has 10 N–H and O–H groups in total. The first-order valence-electron chi connectivity index (χ1n) is 28.0. The Bertz CT molecular complexity index is 3620. The summed E-state index contributed by atoms with van der Waals surface area (Å²) >= 11 is 0. The molecule has 2 heterocycles.